The van der Waals surface area contributed by atoms with Gasteiger partial charge >= 0.3 is 12.4 Å². The topological polar surface area (TPSA) is 99.7 Å². The van der Waals surface area contributed by atoms with Gasteiger partial charge in [-0.2, -0.15) is 26.3 Å². The summed E-state index contributed by atoms with van der Waals surface area (Å²) in [4.78, 5) is 24.3. The largest absolute Gasteiger partial charge is 0.431 e. The molecular weight excluding hydrogens is 528 g/mol. The molecule has 0 spiro atoms. The average Bonchev–Trinajstić information content (AvgIpc) is 3.16. The minimum absolute atomic E-state index is 0.0455. The van der Waals surface area contributed by atoms with Gasteiger partial charge in [-0.25, -0.2) is 13.4 Å². The van der Waals surface area contributed by atoms with Crippen molar-refractivity contribution in [2.45, 2.75) is 24.2 Å². The van der Waals surface area contributed by atoms with Crippen LogP contribution in [0.25, 0.3) is 33.8 Å². The zero-order valence-electron chi connectivity index (χ0n) is 19.3. The molecule has 0 bridgehead atoms. The smallest absolute Gasteiger partial charge is 0.321 e. The quantitative estimate of drug-likeness (QED) is 0.356. The SMILES string of the molecule is CCS(=O)(=O)c1cc(-c2cc(C(F)(F)F)ccn2)cnc1-c1nc2cc(C(F)(F)F)n(C)c(=O)c2n1C. The lowest BCUT2D eigenvalue weighted by atomic mass is 10.1. The summed E-state index contributed by atoms with van der Waals surface area (Å²) >= 11 is 0. The normalized spacial score (nSPS) is 12.9. The van der Waals surface area contributed by atoms with Crippen molar-refractivity contribution >= 4 is 20.9 Å². The molecule has 0 saturated heterocycles. The number of alkyl halides is 6. The first-order chi connectivity index (χ1) is 17.1. The highest BCUT2D eigenvalue weighted by molar-refractivity contribution is 7.91. The van der Waals surface area contributed by atoms with Crippen LogP contribution < -0.4 is 5.56 Å². The standard InChI is InChI=1S/C22H17F6N5O3S/c1-4-37(35,36)15-7-11(13-8-12(5-6-29-13)21(23,24)25)10-30-17(15)19-31-14-9-16(22(26,27)28)32(2)20(34)18(14)33(19)3/h5-10H,4H2,1-3H3. The fourth-order valence-electron chi connectivity index (χ4n) is 3.76. The molecule has 0 N–H and O–H groups in total. The van der Waals surface area contributed by atoms with E-state index in [9.17, 15) is 39.6 Å². The molecule has 0 atom stereocenters. The second-order valence-corrected chi connectivity index (χ2v) is 10.3. The van der Waals surface area contributed by atoms with Crippen LogP contribution in [0.15, 0.2) is 46.3 Å². The van der Waals surface area contributed by atoms with Crippen LogP contribution in [0.3, 0.4) is 0 Å². The number of rotatable bonds is 4. The van der Waals surface area contributed by atoms with E-state index in [1.807, 2.05) is 0 Å². The van der Waals surface area contributed by atoms with Crippen molar-refractivity contribution < 1.29 is 34.8 Å². The van der Waals surface area contributed by atoms with E-state index in [0.717, 1.165) is 42.2 Å². The van der Waals surface area contributed by atoms with Crippen molar-refractivity contribution in [3.8, 4) is 22.8 Å². The molecule has 4 aromatic rings. The van der Waals surface area contributed by atoms with Gasteiger partial charge in [0.15, 0.2) is 15.7 Å². The van der Waals surface area contributed by atoms with Gasteiger partial charge in [0.25, 0.3) is 5.56 Å². The summed E-state index contributed by atoms with van der Waals surface area (Å²) in [5.41, 5.74) is -4.37. The Morgan fingerprint density at radius 2 is 1.62 bits per heavy atom. The first kappa shape index (κ1) is 26.3. The van der Waals surface area contributed by atoms with Crippen LogP contribution in [0.5, 0.6) is 0 Å². The van der Waals surface area contributed by atoms with Crippen molar-refractivity contribution in [2.75, 3.05) is 5.75 Å². The number of pyridine rings is 3. The van der Waals surface area contributed by atoms with Crippen LogP contribution in [0.2, 0.25) is 0 Å². The number of fused-ring (bicyclic) bond motifs is 1. The highest BCUT2D eigenvalue weighted by Gasteiger charge is 2.36. The maximum Gasteiger partial charge on any atom is 0.431 e. The fourth-order valence-corrected chi connectivity index (χ4v) is 4.82. The van der Waals surface area contributed by atoms with Gasteiger partial charge in [0.1, 0.15) is 16.9 Å². The molecule has 0 radical (unpaired) electrons. The summed E-state index contributed by atoms with van der Waals surface area (Å²) in [7, 11) is -1.82. The van der Waals surface area contributed by atoms with E-state index in [1.54, 1.807) is 0 Å². The zero-order valence-corrected chi connectivity index (χ0v) is 20.1. The molecule has 4 aromatic heterocycles. The molecule has 0 saturated carbocycles. The van der Waals surface area contributed by atoms with Crippen molar-refractivity contribution in [1.29, 1.82) is 0 Å². The van der Waals surface area contributed by atoms with Crippen molar-refractivity contribution in [1.82, 2.24) is 24.1 Å². The molecule has 0 aliphatic heterocycles. The van der Waals surface area contributed by atoms with Crippen LogP contribution in [0, 0.1) is 0 Å². The Kier molecular flexibility index (Phi) is 6.17. The lowest BCUT2D eigenvalue weighted by Crippen LogP contribution is -2.26. The predicted octanol–water partition coefficient (Wildman–Crippen LogP) is 4.23. The summed E-state index contributed by atoms with van der Waals surface area (Å²) in [6.07, 6.45) is -7.53. The van der Waals surface area contributed by atoms with Crippen LogP contribution in [-0.4, -0.2) is 38.3 Å². The van der Waals surface area contributed by atoms with Gasteiger partial charge in [0.05, 0.1) is 27.4 Å². The summed E-state index contributed by atoms with van der Waals surface area (Å²) in [5, 5.41) is 0. The Morgan fingerprint density at radius 1 is 0.946 bits per heavy atom. The minimum Gasteiger partial charge on any atom is -0.321 e. The molecule has 4 rings (SSSR count). The first-order valence-corrected chi connectivity index (χ1v) is 12.1. The van der Waals surface area contributed by atoms with Crippen LogP contribution >= 0.6 is 0 Å². The summed E-state index contributed by atoms with van der Waals surface area (Å²) in [5.74, 6) is -0.646. The molecule has 0 fully saturated rings. The van der Waals surface area contributed by atoms with E-state index in [0.29, 0.717) is 10.6 Å². The number of hydrogen-bond acceptors (Lipinski definition) is 6. The predicted molar refractivity (Wildman–Crippen MR) is 120 cm³/mol. The van der Waals surface area contributed by atoms with Gasteiger partial charge in [0, 0.05) is 32.1 Å². The average molecular weight is 545 g/mol. The Hall–Kier alpha value is -3.75. The monoisotopic (exact) mass is 545 g/mol. The highest BCUT2D eigenvalue weighted by Crippen LogP contribution is 2.35. The van der Waals surface area contributed by atoms with Gasteiger partial charge in [-0.1, -0.05) is 6.92 Å². The summed E-state index contributed by atoms with van der Waals surface area (Å²) in [6, 6.07) is 3.22. The number of halogens is 6. The van der Waals surface area contributed by atoms with Crippen molar-refractivity contribution in [3.05, 3.63) is 58.3 Å². The van der Waals surface area contributed by atoms with Crippen LogP contribution in [0.4, 0.5) is 26.3 Å². The lowest BCUT2D eigenvalue weighted by molar-refractivity contribution is -0.143. The van der Waals surface area contributed by atoms with Gasteiger partial charge in [-0.3, -0.25) is 14.8 Å². The van der Waals surface area contributed by atoms with Gasteiger partial charge in [0.2, 0.25) is 0 Å². The second kappa shape index (κ2) is 8.68. The molecule has 0 amide bonds. The Bertz CT molecular complexity index is 1710. The fraction of sp³-hybridized carbons (Fsp3) is 0.273. The Labute approximate surface area is 205 Å². The number of hydrogen-bond donors (Lipinski definition) is 0. The third-order valence-corrected chi connectivity index (χ3v) is 7.46. The minimum atomic E-state index is -4.85. The molecule has 15 heteroatoms. The number of nitrogens with zero attached hydrogens (tertiary/aromatic N) is 5. The molecule has 196 valence electrons. The third kappa shape index (κ3) is 4.58. The van der Waals surface area contributed by atoms with E-state index in [-0.39, 0.29) is 33.8 Å². The van der Waals surface area contributed by atoms with E-state index < -0.39 is 49.7 Å². The van der Waals surface area contributed by atoms with E-state index in [2.05, 4.69) is 15.0 Å². The Balaban J connectivity index is 1.99. The Morgan fingerprint density at radius 3 is 2.22 bits per heavy atom. The zero-order chi connectivity index (χ0) is 27.5. The third-order valence-electron chi connectivity index (χ3n) is 5.72. The van der Waals surface area contributed by atoms with Crippen molar-refractivity contribution in [2.24, 2.45) is 14.1 Å². The first-order valence-electron chi connectivity index (χ1n) is 10.5. The van der Waals surface area contributed by atoms with Crippen molar-refractivity contribution in [3.63, 3.8) is 0 Å². The number of imidazole rings is 1. The number of aromatic nitrogens is 5. The van der Waals surface area contributed by atoms with Crippen LogP contribution in [-0.2, 0) is 36.3 Å². The number of aryl methyl sites for hydroxylation is 1. The van der Waals surface area contributed by atoms with Gasteiger partial charge in [-0.05, 0) is 24.3 Å². The van der Waals surface area contributed by atoms with E-state index >= 15 is 0 Å². The maximum atomic E-state index is 13.4. The van der Waals surface area contributed by atoms with E-state index in [4.69, 9.17) is 0 Å². The summed E-state index contributed by atoms with van der Waals surface area (Å²) < 4.78 is 107. The molecule has 0 aliphatic carbocycles. The van der Waals surface area contributed by atoms with Gasteiger partial charge < -0.3 is 9.13 Å². The molecule has 8 nitrogen and oxygen atoms in total. The van der Waals surface area contributed by atoms with E-state index in [1.165, 1.54) is 14.0 Å². The number of sulfone groups is 1. The molecule has 37 heavy (non-hydrogen) atoms. The molecule has 0 aromatic carbocycles. The lowest BCUT2D eigenvalue weighted by Gasteiger charge is -2.12. The maximum absolute atomic E-state index is 13.4. The second-order valence-electron chi connectivity index (χ2n) is 8.02. The molecule has 0 aliphatic rings. The summed E-state index contributed by atoms with van der Waals surface area (Å²) in [6.45, 7) is 1.33. The molecule has 0 unspecified atom stereocenters. The molecule has 4 heterocycles. The highest BCUT2D eigenvalue weighted by atomic mass is 32.2. The molecular formula is C22H17F6N5O3S. The van der Waals surface area contributed by atoms with Gasteiger partial charge in [-0.15, -0.1) is 0 Å². The van der Waals surface area contributed by atoms with Crippen LogP contribution in [0.1, 0.15) is 18.2 Å².